The summed E-state index contributed by atoms with van der Waals surface area (Å²) < 4.78 is 4.69. The molecule has 1 fully saturated rings. The van der Waals surface area contributed by atoms with Crippen molar-refractivity contribution in [1.82, 2.24) is 10.6 Å². The normalized spacial score (nSPS) is 22.0. The molecule has 2 atom stereocenters. The molecule has 0 spiro atoms. The molecule has 1 unspecified atom stereocenters. The molecular formula is C12H22N2O3. The summed E-state index contributed by atoms with van der Waals surface area (Å²) in [4.78, 5) is 23.5. The molecule has 0 aromatic heterocycles. The van der Waals surface area contributed by atoms with Crippen LogP contribution in [0.15, 0.2) is 0 Å². The highest BCUT2D eigenvalue weighted by molar-refractivity contribution is 5.86. The number of rotatable bonds is 4. The average Bonchev–Trinajstić information content (AvgIpc) is 2.35. The number of carbonyl (C=O) groups excluding carboxylic acids is 2. The summed E-state index contributed by atoms with van der Waals surface area (Å²) in [6, 6.07) is -0.547. The van der Waals surface area contributed by atoms with Gasteiger partial charge in [0.1, 0.15) is 6.04 Å². The maximum absolute atomic E-state index is 12.0. The molecule has 0 aliphatic carbocycles. The minimum Gasteiger partial charge on any atom is -0.467 e. The number of amides is 1. The van der Waals surface area contributed by atoms with Crippen molar-refractivity contribution in [2.24, 2.45) is 11.8 Å². The van der Waals surface area contributed by atoms with Gasteiger partial charge in [-0.05, 0) is 25.3 Å². The van der Waals surface area contributed by atoms with Crippen molar-refractivity contribution in [3.05, 3.63) is 0 Å². The van der Waals surface area contributed by atoms with E-state index in [2.05, 4.69) is 10.6 Å². The fraction of sp³-hybridized carbons (Fsp3) is 0.833. The van der Waals surface area contributed by atoms with E-state index in [-0.39, 0.29) is 23.7 Å². The Labute approximate surface area is 102 Å². The second-order valence-corrected chi connectivity index (χ2v) is 4.80. The van der Waals surface area contributed by atoms with E-state index < -0.39 is 6.04 Å². The zero-order valence-corrected chi connectivity index (χ0v) is 10.8. The Kier molecular flexibility index (Phi) is 5.41. The highest BCUT2D eigenvalue weighted by atomic mass is 16.5. The predicted octanol–water partition coefficient (Wildman–Crippen LogP) is 0.300. The van der Waals surface area contributed by atoms with Crippen LogP contribution in [0.25, 0.3) is 0 Å². The van der Waals surface area contributed by atoms with Crippen molar-refractivity contribution in [3.8, 4) is 0 Å². The monoisotopic (exact) mass is 242 g/mol. The Morgan fingerprint density at radius 1 is 1.41 bits per heavy atom. The Bertz CT molecular complexity index is 273. The van der Waals surface area contributed by atoms with Gasteiger partial charge in [-0.25, -0.2) is 4.79 Å². The van der Waals surface area contributed by atoms with Crippen LogP contribution >= 0.6 is 0 Å². The number of nitrogens with one attached hydrogen (secondary N) is 2. The molecule has 1 aliphatic heterocycles. The quantitative estimate of drug-likeness (QED) is 0.696. The third-order valence-corrected chi connectivity index (χ3v) is 3.09. The van der Waals surface area contributed by atoms with Crippen LogP contribution in [0.2, 0.25) is 0 Å². The van der Waals surface area contributed by atoms with Gasteiger partial charge >= 0.3 is 5.97 Å². The number of ether oxygens (including phenoxy) is 1. The molecule has 5 heteroatoms. The van der Waals surface area contributed by atoms with Gasteiger partial charge in [-0.15, -0.1) is 0 Å². The van der Waals surface area contributed by atoms with Crippen molar-refractivity contribution < 1.29 is 14.3 Å². The van der Waals surface area contributed by atoms with E-state index in [0.717, 1.165) is 19.4 Å². The SMILES string of the molecule is COC(=O)[C@H](NC(=O)C1CCCNC1)C(C)C. The second kappa shape index (κ2) is 6.59. The third kappa shape index (κ3) is 4.00. The number of carbonyl (C=O) groups is 2. The Morgan fingerprint density at radius 3 is 2.59 bits per heavy atom. The number of hydrogen-bond donors (Lipinski definition) is 2. The first-order valence-electron chi connectivity index (χ1n) is 6.15. The van der Waals surface area contributed by atoms with E-state index >= 15 is 0 Å². The molecule has 0 saturated carbocycles. The van der Waals surface area contributed by atoms with Gasteiger partial charge in [0.25, 0.3) is 0 Å². The molecule has 1 saturated heterocycles. The van der Waals surface area contributed by atoms with Gasteiger partial charge in [-0.2, -0.15) is 0 Å². The Hall–Kier alpha value is -1.10. The van der Waals surface area contributed by atoms with Gasteiger partial charge in [0.15, 0.2) is 0 Å². The summed E-state index contributed by atoms with van der Waals surface area (Å²) in [6.07, 6.45) is 1.88. The largest absolute Gasteiger partial charge is 0.467 e. The summed E-state index contributed by atoms with van der Waals surface area (Å²) >= 11 is 0. The second-order valence-electron chi connectivity index (χ2n) is 4.80. The third-order valence-electron chi connectivity index (χ3n) is 3.09. The molecule has 1 aliphatic rings. The molecule has 5 nitrogen and oxygen atoms in total. The summed E-state index contributed by atoms with van der Waals surface area (Å²) in [6.45, 7) is 5.44. The van der Waals surface area contributed by atoms with Crippen LogP contribution in [0.1, 0.15) is 26.7 Å². The first-order chi connectivity index (χ1) is 8.06. The lowest BCUT2D eigenvalue weighted by molar-refractivity contribution is -0.147. The van der Waals surface area contributed by atoms with Crippen molar-refractivity contribution in [2.45, 2.75) is 32.7 Å². The minimum absolute atomic E-state index is 0.0305. The van der Waals surface area contributed by atoms with Gasteiger partial charge in [0.05, 0.1) is 13.0 Å². The molecular weight excluding hydrogens is 220 g/mol. The minimum atomic E-state index is -0.547. The Balaban J connectivity index is 2.54. The fourth-order valence-electron chi connectivity index (χ4n) is 1.97. The molecule has 2 N–H and O–H groups in total. The first-order valence-corrected chi connectivity index (χ1v) is 6.15. The van der Waals surface area contributed by atoms with E-state index in [0.29, 0.717) is 6.54 Å². The average molecular weight is 242 g/mol. The predicted molar refractivity (Wildman–Crippen MR) is 64.4 cm³/mol. The molecule has 98 valence electrons. The lowest BCUT2D eigenvalue weighted by atomic mass is 9.97. The summed E-state index contributed by atoms with van der Waals surface area (Å²) in [5, 5.41) is 5.97. The molecule has 1 amide bonds. The van der Waals surface area contributed by atoms with Crippen LogP contribution in [0.5, 0.6) is 0 Å². The van der Waals surface area contributed by atoms with E-state index in [1.165, 1.54) is 7.11 Å². The highest BCUT2D eigenvalue weighted by Crippen LogP contribution is 2.12. The summed E-state index contributed by atoms with van der Waals surface area (Å²) in [5.74, 6) is -0.434. The molecule has 17 heavy (non-hydrogen) atoms. The fourth-order valence-corrected chi connectivity index (χ4v) is 1.97. The highest BCUT2D eigenvalue weighted by Gasteiger charge is 2.28. The van der Waals surface area contributed by atoms with Gasteiger partial charge in [-0.3, -0.25) is 4.79 Å². The van der Waals surface area contributed by atoms with Crippen LogP contribution in [-0.2, 0) is 14.3 Å². The van der Waals surface area contributed by atoms with Crippen LogP contribution < -0.4 is 10.6 Å². The maximum atomic E-state index is 12.0. The zero-order chi connectivity index (χ0) is 12.8. The maximum Gasteiger partial charge on any atom is 0.328 e. The lowest BCUT2D eigenvalue weighted by Crippen LogP contribution is -2.49. The van der Waals surface area contributed by atoms with Crippen LogP contribution in [0, 0.1) is 11.8 Å². The molecule has 0 aromatic rings. The number of hydrogen-bond acceptors (Lipinski definition) is 4. The van der Waals surface area contributed by atoms with Crippen LogP contribution in [-0.4, -0.2) is 38.1 Å². The molecule has 0 aromatic carbocycles. The van der Waals surface area contributed by atoms with Gasteiger partial charge < -0.3 is 15.4 Å². The topological polar surface area (TPSA) is 67.4 Å². The summed E-state index contributed by atoms with van der Waals surface area (Å²) in [7, 11) is 1.34. The lowest BCUT2D eigenvalue weighted by Gasteiger charge is -2.26. The molecule has 0 bridgehead atoms. The van der Waals surface area contributed by atoms with Crippen molar-refractivity contribution in [1.29, 1.82) is 0 Å². The van der Waals surface area contributed by atoms with E-state index in [9.17, 15) is 9.59 Å². The van der Waals surface area contributed by atoms with Crippen LogP contribution in [0.3, 0.4) is 0 Å². The summed E-state index contributed by atoms with van der Waals surface area (Å²) in [5.41, 5.74) is 0. The van der Waals surface area contributed by atoms with E-state index in [1.54, 1.807) is 0 Å². The van der Waals surface area contributed by atoms with E-state index in [4.69, 9.17) is 4.74 Å². The molecule has 0 radical (unpaired) electrons. The number of piperidine rings is 1. The van der Waals surface area contributed by atoms with Gasteiger partial charge in [0, 0.05) is 6.54 Å². The van der Waals surface area contributed by atoms with Gasteiger partial charge in [0.2, 0.25) is 5.91 Å². The van der Waals surface area contributed by atoms with Crippen molar-refractivity contribution >= 4 is 11.9 Å². The number of methoxy groups -OCH3 is 1. The molecule has 1 rings (SSSR count). The van der Waals surface area contributed by atoms with E-state index in [1.807, 2.05) is 13.8 Å². The Morgan fingerprint density at radius 2 is 2.12 bits per heavy atom. The van der Waals surface area contributed by atoms with Crippen molar-refractivity contribution in [2.75, 3.05) is 20.2 Å². The smallest absolute Gasteiger partial charge is 0.328 e. The van der Waals surface area contributed by atoms with Gasteiger partial charge in [-0.1, -0.05) is 13.8 Å². The van der Waals surface area contributed by atoms with Crippen molar-refractivity contribution in [3.63, 3.8) is 0 Å². The molecule has 1 heterocycles. The standard InChI is InChI=1S/C12H22N2O3/c1-8(2)10(12(16)17-3)14-11(15)9-5-4-6-13-7-9/h8-10,13H,4-7H2,1-3H3,(H,14,15)/t9?,10-/m1/s1. The number of esters is 1. The first kappa shape index (κ1) is 14.0. The zero-order valence-electron chi connectivity index (χ0n) is 10.8. The van der Waals surface area contributed by atoms with Crippen LogP contribution in [0.4, 0.5) is 0 Å².